The van der Waals surface area contributed by atoms with E-state index in [1.54, 1.807) is 6.26 Å². The average Bonchev–Trinajstić information content (AvgIpc) is 3.26. The fourth-order valence-electron chi connectivity index (χ4n) is 2.62. The van der Waals surface area contributed by atoms with Crippen LogP contribution >= 0.6 is 0 Å². The third-order valence-corrected chi connectivity index (χ3v) is 4.19. The topological polar surface area (TPSA) is 88.3 Å². The van der Waals surface area contributed by atoms with Gasteiger partial charge >= 0.3 is 0 Å². The van der Waals surface area contributed by atoms with Gasteiger partial charge in [-0.2, -0.15) is 0 Å². The Bertz CT molecular complexity index is 677. The number of furan rings is 1. The first-order valence-electron chi connectivity index (χ1n) is 10.2. The SMILES string of the molecule is CCNC(=NCC(O)COC(C)c1ccccc1)NCCCOCc1ccco1. The van der Waals surface area contributed by atoms with Gasteiger partial charge in [0.1, 0.15) is 12.4 Å². The molecule has 7 nitrogen and oxygen atoms in total. The van der Waals surface area contributed by atoms with Crippen molar-refractivity contribution in [2.75, 3.05) is 32.8 Å². The largest absolute Gasteiger partial charge is 0.467 e. The molecule has 160 valence electrons. The van der Waals surface area contributed by atoms with Crippen LogP contribution in [0.5, 0.6) is 0 Å². The van der Waals surface area contributed by atoms with Gasteiger partial charge in [0.05, 0.1) is 31.6 Å². The van der Waals surface area contributed by atoms with Crippen molar-refractivity contribution in [2.45, 2.75) is 39.1 Å². The van der Waals surface area contributed by atoms with E-state index in [0.29, 0.717) is 19.2 Å². The molecule has 0 saturated carbocycles. The zero-order chi connectivity index (χ0) is 20.7. The van der Waals surface area contributed by atoms with E-state index in [-0.39, 0.29) is 19.3 Å². The Balaban J connectivity index is 1.62. The molecule has 0 fully saturated rings. The molecule has 3 N–H and O–H groups in total. The summed E-state index contributed by atoms with van der Waals surface area (Å²) in [5.41, 5.74) is 1.09. The number of hydrogen-bond acceptors (Lipinski definition) is 5. The maximum atomic E-state index is 10.2. The highest BCUT2D eigenvalue weighted by Gasteiger charge is 2.10. The highest BCUT2D eigenvalue weighted by molar-refractivity contribution is 5.79. The van der Waals surface area contributed by atoms with E-state index in [4.69, 9.17) is 13.9 Å². The Kier molecular flexibility index (Phi) is 10.9. The number of nitrogens with zero attached hydrogens (tertiary/aromatic N) is 1. The van der Waals surface area contributed by atoms with Gasteiger partial charge in [0.15, 0.2) is 5.96 Å². The lowest BCUT2D eigenvalue weighted by Crippen LogP contribution is -2.39. The van der Waals surface area contributed by atoms with Gasteiger partial charge in [0.25, 0.3) is 0 Å². The minimum atomic E-state index is -0.659. The monoisotopic (exact) mass is 403 g/mol. The van der Waals surface area contributed by atoms with E-state index in [1.165, 1.54) is 0 Å². The normalized spacial score (nSPS) is 13.8. The summed E-state index contributed by atoms with van der Waals surface area (Å²) in [7, 11) is 0. The molecule has 2 aromatic rings. The molecule has 0 aliphatic heterocycles. The lowest BCUT2D eigenvalue weighted by Gasteiger charge is -2.16. The first-order chi connectivity index (χ1) is 14.2. The standard InChI is InChI=1S/C22H33N3O4/c1-3-23-22(24-12-8-13-27-17-21-11-7-14-28-21)25-15-20(26)16-29-18(2)19-9-5-4-6-10-19/h4-7,9-11,14,18,20,26H,3,8,12-13,15-17H2,1-2H3,(H2,23,24,25). The van der Waals surface area contributed by atoms with Gasteiger partial charge in [0, 0.05) is 19.7 Å². The van der Waals surface area contributed by atoms with E-state index in [9.17, 15) is 5.11 Å². The number of aliphatic hydroxyl groups is 1. The highest BCUT2D eigenvalue weighted by Crippen LogP contribution is 2.15. The van der Waals surface area contributed by atoms with Crippen molar-refractivity contribution in [1.82, 2.24) is 10.6 Å². The molecule has 0 aliphatic rings. The van der Waals surface area contributed by atoms with Gasteiger partial charge in [-0.15, -0.1) is 0 Å². The summed E-state index contributed by atoms with van der Waals surface area (Å²) >= 11 is 0. The summed E-state index contributed by atoms with van der Waals surface area (Å²) in [5.74, 6) is 1.50. The Morgan fingerprint density at radius 3 is 2.72 bits per heavy atom. The second kappa shape index (κ2) is 13.8. The molecule has 1 heterocycles. The van der Waals surface area contributed by atoms with Crippen LogP contribution in [0.2, 0.25) is 0 Å². The van der Waals surface area contributed by atoms with E-state index in [0.717, 1.165) is 30.8 Å². The Morgan fingerprint density at radius 2 is 2.00 bits per heavy atom. The fourth-order valence-corrected chi connectivity index (χ4v) is 2.62. The summed E-state index contributed by atoms with van der Waals surface area (Å²) in [6, 6.07) is 13.7. The molecular formula is C22H33N3O4. The van der Waals surface area contributed by atoms with Crippen LogP contribution in [-0.4, -0.2) is 50.0 Å². The Hall–Kier alpha value is -2.35. The van der Waals surface area contributed by atoms with Crippen LogP contribution in [0.1, 0.15) is 37.7 Å². The highest BCUT2D eigenvalue weighted by atomic mass is 16.5. The molecule has 0 radical (unpaired) electrons. The van der Waals surface area contributed by atoms with Crippen LogP contribution < -0.4 is 10.6 Å². The third kappa shape index (κ3) is 9.60. The number of guanidine groups is 1. The lowest BCUT2D eigenvalue weighted by atomic mass is 10.1. The van der Waals surface area contributed by atoms with Crippen LogP contribution in [0.15, 0.2) is 58.1 Å². The Morgan fingerprint density at radius 1 is 1.17 bits per heavy atom. The number of rotatable bonds is 13. The molecule has 2 unspecified atom stereocenters. The number of hydrogen-bond donors (Lipinski definition) is 3. The average molecular weight is 404 g/mol. The van der Waals surface area contributed by atoms with Crippen LogP contribution in [0.25, 0.3) is 0 Å². The lowest BCUT2D eigenvalue weighted by molar-refractivity contribution is 0.00111. The number of aliphatic imine (C=N–C) groups is 1. The molecule has 0 saturated heterocycles. The molecule has 0 bridgehead atoms. The van der Waals surface area contributed by atoms with Crippen LogP contribution in [0.3, 0.4) is 0 Å². The molecule has 2 rings (SSSR count). The van der Waals surface area contributed by atoms with Crippen molar-refractivity contribution in [3.63, 3.8) is 0 Å². The summed E-state index contributed by atoms with van der Waals surface area (Å²) in [4.78, 5) is 4.43. The van der Waals surface area contributed by atoms with E-state index in [2.05, 4.69) is 15.6 Å². The molecular weight excluding hydrogens is 370 g/mol. The predicted octanol–water partition coefficient (Wildman–Crippen LogP) is 2.88. The van der Waals surface area contributed by atoms with Crippen LogP contribution in [0, 0.1) is 0 Å². The van der Waals surface area contributed by atoms with E-state index < -0.39 is 6.10 Å². The van der Waals surface area contributed by atoms with Crippen LogP contribution in [0.4, 0.5) is 0 Å². The van der Waals surface area contributed by atoms with Gasteiger partial charge in [-0.1, -0.05) is 30.3 Å². The zero-order valence-corrected chi connectivity index (χ0v) is 17.3. The van der Waals surface area contributed by atoms with Gasteiger partial charge in [-0.05, 0) is 38.0 Å². The van der Waals surface area contributed by atoms with Crippen molar-refractivity contribution in [2.24, 2.45) is 4.99 Å². The van der Waals surface area contributed by atoms with Crippen molar-refractivity contribution >= 4 is 5.96 Å². The second-order valence-electron chi connectivity index (χ2n) is 6.67. The third-order valence-electron chi connectivity index (χ3n) is 4.19. The number of aliphatic hydroxyl groups excluding tert-OH is 1. The summed E-state index contributed by atoms with van der Waals surface area (Å²) in [6.45, 7) is 7.07. The number of nitrogens with one attached hydrogen (secondary N) is 2. The Labute approximate surface area is 173 Å². The van der Waals surface area contributed by atoms with Gasteiger partial charge in [0.2, 0.25) is 0 Å². The summed E-state index contributed by atoms with van der Waals surface area (Å²) in [6.07, 6.45) is 1.75. The maximum absolute atomic E-state index is 10.2. The molecule has 1 aromatic carbocycles. The smallest absolute Gasteiger partial charge is 0.191 e. The molecule has 0 amide bonds. The number of benzene rings is 1. The van der Waals surface area contributed by atoms with Crippen molar-refractivity contribution < 1.29 is 19.0 Å². The van der Waals surface area contributed by atoms with Gasteiger partial charge < -0.3 is 29.6 Å². The first-order valence-corrected chi connectivity index (χ1v) is 10.2. The van der Waals surface area contributed by atoms with Gasteiger partial charge in [-0.25, -0.2) is 0 Å². The van der Waals surface area contributed by atoms with Crippen molar-refractivity contribution in [1.29, 1.82) is 0 Å². The van der Waals surface area contributed by atoms with E-state index in [1.807, 2.05) is 56.3 Å². The minimum absolute atomic E-state index is 0.0673. The molecule has 0 aliphatic carbocycles. The van der Waals surface area contributed by atoms with Crippen LogP contribution in [-0.2, 0) is 16.1 Å². The predicted molar refractivity (Wildman–Crippen MR) is 114 cm³/mol. The van der Waals surface area contributed by atoms with Crippen molar-refractivity contribution in [3.05, 3.63) is 60.1 Å². The van der Waals surface area contributed by atoms with E-state index >= 15 is 0 Å². The summed E-state index contributed by atoms with van der Waals surface area (Å²) in [5, 5.41) is 16.6. The molecule has 7 heteroatoms. The van der Waals surface area contributed by atoms with Crippen molar-refractivity contribution in [3.8, 4) is 0 Å². The fraction of sp³-hybridized carbons (Fsp3) is 0.500. The summed E-state index contributed by atoms with van der Waals surface area (Å²) < 4.78 is 16.5. The zero-order valence-electron chi connectivity index (χ0n) is 17.3. The number of ether oxygens (including phenoxy) is 2. The molecule has 0 spiro atoms. The quantitative estimate of drug-likeness (QED) is 0.271. The maximum Gasteiger partial charge on any atom is 0.191 e. The molecule has 2 atom stereocenters. The second-order valence-corrected chi connectivity index (χ2v) is 6.67. The molecule has 29 heavy (non-hydrogen) atoms. The molecule has 1 aromatic heterocycles. The minimum Gasteiger partial charge on any atom is -0.467 e. The first kappa shape index (κ1) is 22.9. The van der Waals surface area contributed by atoms with Gasteiger partial charge in [-0.3, -0.25) is 4.99 Å².